The summed E-state index contributed by atoms with van der Waals surface area (Å²) in [4.78, 5) is 13.9. The summed E-state index contributed by atoms with van der Waals surface area (Å²) >= 11 is 0. The molecule has 36 heavy (non-hydrogen) atoms. The Morgan fingerprint density at radius 2 is 1.83 bits per heavy atom. The van der Waals surface area contributed by atoms with E-state index in [1.54, 1.807) is 0 Å². The molecule has 195 valence electrons. The lowest BCUT2D eigenvalue weighted by Gasteiger charge is -2.32. The quantitative estimate of drug-likeness (QED) is 0.394. The summed E-state index contributed by atoms with van der Waals surface area (Å²) in [6, 6.07) is 6.05. The Kier molecular flexibility index (Phi) is 8.05. The maximum atomic E-state index is 11.8. The van der Waals surface area contributed by atoms with Gasteiger partial charge in [-0.1, -0.05) is 6.07 Å². The molecule has 0 N–H and O–H groups in total. The summed E-state index contributed by atoms with van der Waals surface area (Å²) in [5.74, 6) is 2.43. The van der Waals surface area contributed by atoms with Gasteiger partial charge in [-0.25, -0.2) is 18.4 Å². The van der Waals surface area contributed by atoms with Crippen LogP contribution in [0.25, 0.3) is 0 Å². The second-order valence-corrected chi connectivity index (χ2v) is 12.0. The fourth-order valence-electron chi connectivity index (χ4n) is 5.32. The molecular weight excluding hydrogens is 478 g/mol. The predicted molar refractivity (Wildman–Crippen MR) is 139 cm³/mol. The van der Waals surface area contributed by atoms with Gasteiger partial charge in [-0.3, -0.25) is 0 Å². The van der Waals surface area contributed by atoms with Gasteiger partial charge in [-0.15, -0.1) is 4.90 Å². The lowest BCUT2D eigenvalue weighted by Crippen LogP contribution is -2.38. The van der Waals surface area contributed by atoms with Crippen LogP contribution < -0.4 is 14.5 Å². The smallest absolute Gasteiger partial charge is 0.225 e. The number of fused-ring (bicyclic) bond motifs is 1. The largest absolute Gasteiger partial charge is 0.494 e. The molecule has 1 aromatic carbocycles. The molecule has 2 aromatic rings. The number of benzene rings is 1. The Hall–Kier alpha value is -2.27. The van der Waals surface area contributed by atoms with Gasteiger partial charge >= 0.3 is 0 Å². The number of hydrogen-bond acceptors (Lipinski definition) is 8. The number of sulfonamides is 1. The van der Waals surface area contributed by atoms with Crippen LogP contribution in [-0.4, -0.2) is 81.5 Å². The highest BCUT2D eigenvalue weighted by atomic mass is 32.2. The van der Waals surface area contributed by atoms with Gasteiger partial charge < -0.3 is 14.4 Å². The first-order chi connectivity index (χ1) is 17.5. The topological polar surface area (TPSA) is 90.8 Å². The number of rotatable bonds is 8. The molecule has 0 saturated carbocycles. The maximum Gasteiger partial charge on any atom is 0.225 e. The minimum absolute atomic E-state index is 0.455. The molecule has 4 heterocycles. The molecule has 3 aliphatic heterocycles. The Morgan fingerprint density at radius 3 is 2.56 bits per heavy atom. The van der Waals surface area contributed by atoms with Crippen molar-refractivity contribution in [3.63, 3.8) is 0 Å². The Morgan fingerprint density at radius 1 is 1.08 bits per heavy atom. The van der Waals surface area contributed by atoms with E-state index in [-0.39, 0.29) is 0 Å². The van der Waals surface area contributed by atoms with E-state index < -0.39 is 10.0 Å². The van der Waals surface area contributed by atoms with E-state index >= 15 is 0 Å². The van der Waals surface area contributed by atoms with Crippen LogP contribution >= 0.6 is 0 Å². The molecule has 9 nitrogen and oxygen atoms in total. The molecule has 0 bridgehead atoms. The number of morpholine rings is 1. The van der Waals surface area contributed by atoms with Gasteiger partial charge in [-0.05, 0) is 61.3 Å². The van der Waals surface area contributed by atoms with Crippen molar-refractivity contribution in [2.24, 2.45) is 5.92 Å². The van der Waals surface area contributed by atoms with Crippen molar-refractivity contribution in [1.29, 1.82) is 0 Å². The third-order valence-electron chi connectivity index (χ3n) is 7.55. The van der Waals surface area contributed by atoms with E-state index in [4.69, 9.17) is 9.47 Å². The predicted octanol–water partition coefficient (Wildman–Crippen LogP) is 2.67. The van der Waals surface area contributed by atoms with Gasteiger partial charge in [0.1, 0.15) is 19.0 Å². The molecule has 1 aromatic heterocycles. The molecule has 0 atom stereocenters. The van der Waals surface area contributed by atoms with Crippen LogP contribution in [0.2, 0.25) is 0 Å². The first kappa shape index (κ1) is 25.4. The normalized spacial score (nSPS) is 20.3. The van der Waals surface area contributed by atoms with Crippen LogP contribution in [0.3, 0.4) is 0 Å². The Labute approximate surface area is 214 Å². The number of anilines is 2. The molecule has 1 radical (unpaired) electrons. The van der Waals surface area contributed by atoms with Gasteiger partial charge in [0.15, 0.2) is 13.1 Å². The van der Waals surface area contributed by atoms with Crippen LogP contribution in [0.4, 0.5) is 11.6 Å². The molecule has 0 unspecified atom stereocenters. The molecule has 5 rings (SSSR count). The summed E-state index contributed by atoms with van der Waals surface area (Å²) < 4.78 is 36.6. The van der Waals surface area contributed by atoms with Gasteiger partial charge in [0.05, 0.1) is 25.3 Å². The van der Waals surface area contributed by atoms with Crippen molar-refractivity contribution < 1.29 is 17.9 Å². The van der Waals surface area contributed by atoms with E-state index in [0.717, 1.165) is 88.0 Å². The van der Waals surface area contributed by atoms with Crippen molar-refractivity contribution in [3.05, 3.63) is 41.7 Å². The second-order valence-electron chi connectivity index (χ2n) is 10.0. The molecule has 2 saturated heterocycles. The lowest BCUT2D eigenvalue weighted by molar-refractivity contribution is 0.0902. The molecule has 0 aliphatic carbocycles. The van der Waals surface area contributed by atoms with E-state index in [0.29, 0.717) is 25.6 Å². The van der Waals surface area contributed by atoms with Crippen molar-refractivity contribution in [3.8, 4) is 5.75 Å². The minimum Gasteiger partial charge on any atom is -0.494 e. The minimum atomic E-state index is -3.15. The van der Waals surface area contributed by atoms with Crippen molar-refractivity contribution in [1.82, 2.24) is 19.2 Å². The number of hydrogen-bond donors (Lipinski definition) is 0. The SMILES string of the molecule is CS(=O)(=O)N1CCc2cc(OCCCC3CCN(c4ncc([N+]5CCOCC5)cn4)CC3)ccc2C1. The Balaban J connectivity index is 1.02. The first-order valence-corrected chi connectivity index (χ1v) is 14.9. The van der Waals surface area contributed by atoms with Crippen LogP contribution in [-0.2, 0) is 27.7 Å². The van der Waals surface area contributed by atoms with Crippen molar-refractivity contribution in [2.75, 3.05) is 63.7 Å². The van der Waals surface area contributed by atoms with Crippen molar-refractivity contribution in [2.45, 2.75) is 38.6 Å². The van der Waals surface area contributed by atoms with Crippen molar-refractivity contribution >= 4 is 21.7 Å². The molecule has 0 spiro atoms. The highest BCUT2D eigenvalue weighted by molar-refractivity contribution is 7.88. The standard InChI is InChI=1S/C26H37N5O4S/c1-36(32,33)31-11-8-22-17-25(5-4-23(22)20-31)35-14-2-3-21-6-9-30(10-7-21)26-27-18-24(19-28-26)29-12-15-34-16-13-29/h4-5,17-19,21H,2-3,6-16,20H2,1H3/q+1. The van der Waals surface area contributed by atoms with Gasteiger partial charge in [0.25, 0.3) is 0 Å². The number of piperidine rings is 1. The summed E-state index contributed by atoms with van der Waals surface area (Å²) in [5.41, 5.74) is 3.34. The first-order valence-electron chi connectivity index (χ1n) is 13.0. The highest BCUT2D eigenvalue weighted by Gasteiger charge is 2.26. The van der Waals surface area contributed by atoms with E-state index in [1.165, 1.54) is 22.5 Å². The summed E-state index contributed by atoms with van der Waals surface area (Å²) in [5, 5.41) is 0. The van der Waals surface area contributed by atoms with Crippen LogP contribution in [0.15, 0.2) is 30.6 Å². The second kappa shape index (κ2) is 11.4. The maximum absolute atomic E-state index is 11.8. The zero-order valence-corrected chi connectivity index (χ0v) is 22.0. The molecule has 10 heteroatoms. The van der Waals surface area contributed by atoms with E-state index in [2.05, 4.69) is 25.8 Å². The Bertz CT molecular complexity index is 1110. The average Bonchev–Trinajstić information content (AvgIpc) is 2.91. The van der Waals surface area contributed by atoms with E-state index in [9.17, 15) is 8.42 Å². The third-order valence-corrected chi connectivity index (χ3v) is 8.80. The summed E-state index contributed by atoms with van der Waals surface area (Å²) in [6.45, 7) is 7.02. The summed E-state index contributed by atoms with van der Waals surface area (Å²) in [7, 11) is -3.15. The van der Waals surface area contributed by atoms with Crippen LogP contribution in [0.1, 0.15) is 36.8 Å². The van der Waals surface area contributed by atoms with Gasteiger partial charge in [-0.2, -0.15) is 4.31 Å². The molecule has 0 amide bonds. The molecule has 3 aliphatic rings. The zero-order chi connectivity index (χ0) is 25.0. The fraction of sp³-hybridized carbons (Fsp3) is 0.615. The number of nitrogens with zero attached hydrogens (tertiary/aromatic N) is 5. The average molecular weight is 516 g/mol. The zero-order valence-electron chi connectivity index (χ0n) is 21.1. The number of ether oxygens (including phenoxy) is 2. The van der Waals surface area contributed by atoms with Crippen LogP contribution in [0, 0.1) is 5.92 Å². The fourth-order valence-corrected chi connectivity index (χ4v) is 6.12. The lowest BCUT2D eigenvalue weighted by atomic mass is 9.92. The van der Waals surface area contributed by atoms with Gasteiger partial charge in [0, 0.05) is 26.2 Å². The monoisotopic (exact) mass is 515 g/mol. The third kappa shape index (κ3) is 6.34. The van der Waals surface area contributed by atoms with Crippen LogP contribution in [0.5, 0.6) is 5.75 Å². The summed E-state index contributed by atoms with van der Waals surface area (Å²) in [6.07, 6.45) is 10.4. The highest BCUT2D eigenvalue weighted by Crippen LogP contribution is 2.27. The van der Waals surface area contributed by atoms with E-state index in [1.807, 2.05) is 24.5 Å². The van der Waals surface area contributed by atoms with Gasteiger partial charge in [0.2, 0.25) is 21.7 Å². The number of aromatic nitrogens is 2. The molecule has 2 fully saturated rings. The molecular formula is C26H37N5O4S+.